The van der Waals surface area contributed by atoms with Crippen molar-refractivity contribution in [1.29, 1.82) is 0 Å². The molecule has 4 nitrogen and oxygen atoms in total. The first-order valence-electron chi connectivity index (χ1n) is 5.11. The van der Waals surface area contributed by atoms with E-state index in [1.165, 1.54) is 0 Å². The molecule has 1 fully saturated rings. The molecule has 1 rings (SSSR count). The van der Waals surface area contributed by atoms with Gasteiger partial charge in [0.1, 0.15) is 12.1 Å². The summed E-state index contributed by atoms with van der Waals surface area (Å²) >= 11 is 0. The van der Waals surface area contributed by atoms with Crippen LogP contribution in [0.1, 0.15) is 34.1 Å². The van der Waals surface area contributed by atoms with Gasteiger partial charge in [0, 0.05) is 6.04 Å². The fourth-order valence-electron chi connectivity index (χ4n) is 1.83. The number of nitrogens with one attached hydrogen (secondary N) is 1. The first-order valence-corrected chi connectivity index (χ1v) is 5.11. The number of carbonyl (C=O) groups is 2. The fourth-order valence-corrected chi connectivity index (χ4v) is 1.83. The molecule has 0 aromatic carbocycles. The standard InChI is InChI=1S/C10H18N2O2/c1-5-8-10(14)12(6(2)3)7(4)9(13)11-8/h6-8H,5H2,1-4H3,(H,11,13). The van der Waals surface area contributed by atoms with Crippen LogP contribution in [0.2, 0.25) is 0 Å². The van der Waals surface area contributed by atoms with Crippen LogP contribution in [-0.2, 0) is 9.59 Å². The van der Waals surface area contributed by atoms with E-state index in [9.17, 15) is 9.59 Å². The number of carbonyl (C=O) groups excluding carboxylic acids is 2. The smallest absolute Gasteiger partial charge is 0.246 e. The van der Waals surface area contributed by atoms with Crippen LogP contribution in [0.5, 0.6) is 0 Å². The van der Waals surface area contributed by atoms with Crippen molar-refractivity contribution < 1.29 is 9.59 Å². The highest BCUT2D eigenvalue weighted by Crippen LogP contribution is 2.14. The zero-order chi connectivity index (χ0) is 10.9. The molecule has 1 aliphatic rings. The van der Waals surface area contributed by atoms with Crippen LogP contribution in [0.4, 0.5) is 0 Å². The molecule has 1 aliphatic heterocycles. The van der Waals surface area contributed by atoms with Crippen molar-refractivity contribution in [2.75, 3.05) is 0 Å². The van der Waals surface area contributed by atoms with Crippen LogP contribution in [0, 0.1) is 0 Å². The molecule has 0 aliphatic carbocycles. The first-order chi connectivity index (χ1) is 6.49. The molecule has 2 atom stereocenters. The van der Waals surface area contributed by atoms with Crippen molar-refractivity contribution in [2.24, 2.45) is 0 Å². The van der Waals surface area contributed by atoms with Crippen molar-refractivity contribution in [2.45, 2.75) is 52.2 Å². The Labute approximate surface area is 84.7 Å². The predicted octanol–water partition coefficient (Wildman–Crippen LogP) is 0.520. The number of hydrogen-bond acceptors (Lipinski definition) is 2. The van der Waals surface area contributed by atoms with Crippen molar-refractivity contribution in [3.63, 3.8) is 0 Å². The van der Waals surface area contributed by atoms with E-state index in [0.717, 1.165) is 0 Å². The number of nitrogens with zero attached hydrogens (tertiary/aromatic N) is 1. The Morgan fingerprint density at radius 2 is 2.00 bits per heavy atom. The maximum absolute atomic E-state index is 11.9. The molecule has 80 valence electrons. The van der Waals surface area contributed by atoms with Gasteiger partial charge in [-0.1, -0.05) is 6.92 Å². The van der Waals surface area contributed by atoms with E-state index in [1.54, 1.807) is 11.8 Å². The lowest BCUT2D eigenvalue weighted by Crippen LogP contribution is -2.63. The molecule has 0 aromatic heterocycles. The number of rotatable bonds is 2. The fraction of sp³-hybridized carbons (Fsp3) is 0.800. The van der Waals surface area contributed by atoms with E-state index in [4.69, 9.17) is 0 Å². The van der Waals surface area contributed by atoms with Gasteiger partial charge in [0.15, 0.2) is 0 Å². The average Bonchev–Trinajstić information content (AvgIpc) is 2.11. The minimum atomic E-state index is -0.342. The minimum absolute atomic E-state index is 0.0367. The van der Waals surface area contributed by atoms with Crippen LogP contribution in [0.15, 0.2) is 0 Å². The highest BCUT2D eigenvalue weighted by atomic mass is 16.2. The molecule has 1 N–H and O–H groups in total. The van der Waals surface area contributed by atoms with Gasteiger partial charge in [0.05, 0.1) is 0 Å². The van der Waals surface area contributed by atoms with Gasteiger partial charge in [0.2, 0.25) is 11.8 Å². The molecule has 1 heterocycles. The maximum atomic E-state index is 11.9. The number of amides is 2. The Morgan fingerprint density at radius 3 is 2.43 bits per heavy atom. The predicted molar refractivity (Wildman–Crippen MR) is 53.7 cm³/mol. The molecule has 0 bridgehead atoms. The summed E-state index contributed by atoms with van der Waals surface area (Å²) in [4.78, 5) is 25.0. The average molecular weight is 198 g/mol. The summed E-state index contributed by atoms with van der Waals surface area (Å²) < 4.78 is 0. The van der Waals surface area contributed by atoms with E-state index in [0.29, 0.717) is 6.42 Å². The van der Waals surface area contributed by atoms with E-state index in [2.05, 4.69) is 5.32 Å². The van der Waals surface area contributed by atoms with Crippen LogP contribution in [-0.4, -0.2) is 34.8 Å². The summed E-state index contributed by atoms with van der Waals surface area (Å²) in [5.41, 5.74) is 0. The highest BCUT2D eigenvalue weighted by molar-refractivity contribution is 5.96. The van der Waals surface area contributed by atoms with Gasteiger partial charge in [-0.3, -0.25) is 9.59 Å². The Bertz CT molecular complexity index is 251. The van der Waals surface area contributed by atoms with Gasteiger partial charge in [0.25, 0.3) is 0 Å². The Balaban J connectivity index is 2.89. The third-order valence-corrected chi connectivity index (χ3v) is 2.63. The summed E-state index contributed by atoms with van der Waals surface area (Å²) in [6, 6.07) is -0.594. The van der Waals surface area contributed by atoms with Crippen molar-refractivity contribution >= 4 is 11.8 Å². The molecular formula is C10H18N2O2. The topological polar surface area (TPSA) is 49.4 Å². The minimum Gasteiger partial charge on any atom is -0.343 e. The summed E-state index contributed by atoms with van der Waals surface area (Å²) in [6.07, 6.45) is 0.653. The van der Waals surface area contributed by atoms with Gasteiger partial charge in [-0.25, -0.2) is 0 Å². The van der Waals surface area contributed by atoms with Crippen molar-refractivity contribution in [3.05, 3.63) is 0 Å². The normalized spacial score (nSPS) is 28.2. The second-order valence-electron chi connectivity index (χ2n) is 3.98. The van der Waals surface area contributed by atoms with Gasteiger partial charge >= 0.3 is 0 Å². The van der Waals surface area contributed by atoms with Gasteiger partial charge < -0.3 is 10.2 Å². The van der Waals surface area contributed by atoms with Gasteiger partial charge in [-0.05, 0) is 27.2 Å². The largest absolute Gasteiger partial charge is 0.343 e. The first kappa shape index (κ1) is 11.0. The lowest BCUT2D eigenvalue weighted by molar-refractivity contribution is -0.150. The molecule has 2 amide bonds. The van der Waals surface area contributed by atoms with E-state index in [-0.39, 0.29) is 29.9 Å². The second-order valence-corrected chi connectivity index (χ2v) is 3.98. The van der Waals surface area contributed by atoms with Gasteiger partial charge in [-0.15, -0.1) is 0 Å². The number of piperazine rings is 1. The SMILES string of the molecule is CCC1NC(=O)C(C)N(C(C)C)C1=O. The van der Waals surface area contributed by atoms with Crippen molar-refractivity contribution in [3.8, 4) is 0 Å². The van der Waals surface area contributed by atoms with Crippen molar-refractivity contribution in [1.82, 2.24) is 10.2 Å². The number of hydrogen-bond donors (Lipinski definition) is 1. The molecular weight excluding hydrogens is 180 g/mol. The maximum Gasteiger partial charge on any atom is 0.246 e. The Hall–Kier alpha value is -1.06. The summed E-state index contributed by atoms with van der Waals surface area (Å²) in [6.45, 7) is 7.52. The van der Waals surface area contributed by atoms with Crippen LogP contribution in [0.25, 0.3) is 0 Å². The quantitative estimate of drug-likeness (QED) is 0.703. The zero-order valence-corrected chi connectivity index (χ0v) is 9.20. The highest BCUT2D eigenvalue weighted by Gasteiger charge is 2.38. The molecule has 0 spiro atoms. The molecule has 2 unspecified atom stereocenters. The Kier molecular flexibility index (Phi) is 3.13. The van der Waals surface area contributed by atoms with E-state index < -0.39 is 0 Å². The van der Waals surface area contributed by atoms with Crippen LogP contribution in [0.3, 0.4) is 0 Å². The molecule has 0 saturated carbocycles. The summed E-state index contributed by atoms with van der Waals surface area (Å²) in [7, 11) is 0. The lowest BCUT2D eigenvalue weighted by atomic mass is 10.0. The third kappa shape index (κ3) is 1.74. The second kappa shape index (κ2) is 3.98. The third-order valence-electron chi connectivity index (χ3n) is 2.63. The molecule has 4 heteroatoms. The molecule has 0 aromatic rings. The Morgan fingerprint density at radius 1 is 1.43 bits per heavy atom. The van der Waals surface area contributed by atoms with Gasteiger partial charge in [-0.2, -0.15) is 0 Å². The monoisotopic (exact) mass is 198 g/mol. The molecule has 1 saturated heterocycles. The lowest BCUT2D eigenvalue weighted by Gasteiger charge is -2.39. The summed E-state index contributed by atoms with van der Waals surface area (Å²) in [5.74, 6) is -0.0141. The van der Waals surface area contributed by atoms with Crippen LogP contribution >= 0.6 is 0 Å². The summed E-state index contributed by atoms with van der Waals surface area (Å²) in [5, 5.41) is 2.72. The van der Waals surface area contributed by atoms with E-state index in [1.807, 2.05) is 20.8 Å². The van der Waals surface area contributed by atoms with Crippen LogP contribution < -0.4 is 5.32 Å². The molecule has 0 radical (unpaired) electrons. The molecule has 14 heavy (non-hydrogen) atoms. The van der Waals surface area contributed by atoms with E-state index >= 15 is 0 Å². The zero-order valence-electron chi connectivity index (χ0n) is 9.20.